The fraction of sp³-hybridized carbons (Fsp3) is 0.150. The number of hydrogen-bond donors (Lipinski definition) is 2. The normalized spacial score (nSPS) is 16.6. The number of thioether (sulfide) groups is 1. The van der Waals surface area contributed by atoms with Crippen molar-refractivity contribution in [1.29, 1.82) is 0 Å². The van der Waals surface area contributed by atoms with Crippen molar-refractivity contribution in [2.75, 3.05) is 6.61 Å². The molecule has 0 radical (unpaired) electrons. The molecule has 0 unspecified atom stereocenters. The smallest absolute Gasteiger partial charge is 0.264 e. The molecule has 3 N–H and O–H groups in total. The Morgan fingerprint density at radius 3 is 2.52 bits per heavy atom. The van der Waals surface area contributed by atoms with Gasteiger partial charge in [-0.2, -0.15) is 0 Å². The highest BCUT2D eigenvalue weighted by Crippen LogP contribution is 2.28. The zero-order valence-electron chi connectivity index (χ0n) is 14.8. The minimum absolute atomic E-state index is 0.169. The average Bonchev–Trinajstić information content (AvgIpc) is 3.00. The Balaban J connectivity index is 1.69. The molecule has 1 saturated heterocycles. The third kappa shape index (κ3) is 5.21. The highest BCUT2D eigenvalue weighted by atomic mass is 32.2. The topological polar surface area (TPSA) is 93.8 Å². The molecule has 7 heteroatoms. The van der Waals surface area contributed by atoms with Crippen molar-refractivity contribution in [3.05, 3.63) is 64.6 Å². The summed E-state index contributed by atoms with van der Waals surface area (Å²) in [5, 5.41) is 3.33. The lowest BCUT2D eigenvalue weighted by molar-refractivity contribution is -0.120. The SMILES string of the molecule is CCc1ccc(N=C2NC(=O)/C(=C/c3ccc(OCC(N)=O)cc3)S2)cc1. The van der Waals surface area contributed by atoms with Gasteiger partial charge in [0.1, 0.15) is 5.75 Å². The summed E-state index contributed by atoms with van der Waals surface area (Å²) < 4.78 is 5.21. The fourth-order valence-corrected chi connectivity index (χ4v) is 3.21. The molecule has 0 spiro atoms. The number of carbonyl (C=O) groups is 2. The summed E-state index contributed by atoms with van der Waals surface area (Å²) >= 11 is 1.29. The third-order valence-corrected chi connectivity index (χ3v) is 4.69. The first-order valence-electron chi connectivity index (χ1n) is 8.43. The fourth-order valence-electron chi connectivity index (χ4n) is 2.37. The predicted octanol–water partition coefficient (Wildman–Crippen LogP) is 3.00. The molecule has 2 aromatic rings. The van der Waals surface area contributed by atoms with Gasteiger partial charge in [-0.15, -0.1) is 0 Å². The van der Waals surface area contributed by atoms with Gasteiger partial charge in [0.05, 0.1) is 10.6 Å². The van der Waals surface area contributed by atoms with Crippen LogP contribution in [-0.2, 0) is 16.0 Å². The number of amidine groups is 1. The molecule has 2 aromatic carbocycles. The van der Waals surface area contributed by atoms with E-state index in [2.05, 4.69) is 17.2 Å². The van der Waals surface area contributed by atoms with Crippen molar-refractivity contribution in [2.45, 2.75) is 13.3 Å². The number of amides is 2. The Morgan fingerprint density at radius 1 is 1.19 bits per heavy atom. The zero-order valence-corrected chi connectivity index (χ0v) is 15.6. The maximum Gasteiger partial charge on any atom is 0.264 e. The summed E-state index contributed by atoms with van der Waals surface area (Å²) in [6.07, 6.45) is 2.75. The molecule has 0 aromatic heterocycles. The van der Waals surface area contributed by atoms with Crippen molar-refractivity contribution < 1.29 is 14.3 Å². The van der Waals surface area contributed by atoms with Gasteiger partial charge in [0.2, 0.25) is 0 Å². The van der Waals surface area contributed by atoms with Crippen molar-refractivity contribution in [1.82, 2.24) is 5.32 Å². The second-order valence-corrected chi connectivity index (χ2v) is 6.86. The largest absolute Gasteiger partial charge is 0.484 e. The molecule has 1 aliphatic rings. The molecule has 1 fully saturated rings. The molecule has 0 aliphatic carbocycles. The number of ether oxygens (including phenoxy) is 1. The van der Waals surface area contributed by atoms with Crippen LogP contribution in [0.4, 0.5) is 5.69 Å². The first kappa shape index (κ1) is 18.7. The molecule has 27 heavy (non-hydrogen) atoms. The quantitative estimate of drug-likeness (QED) is 0.752. The molecular formula is C20H19N3O3S. The second kappa shape index (κ2) is 8.55. The van der Waals surface area contributed by atoms with Gasteiger partial charge >= 0.3 is 0 Å². The predicted molar refractivity (Wildman–Crippen MR) is 108 cm³/mol. The number of nitrogens with two attached hydrogens (primary N) is 1. The van der Waals surface area contributed by atoms with Crippen molar-refractivity contribution in [2.24, 2.45) is 10.7 Å². The Morgan fingerprint density at radius 2 is 1.89 bits per heavy atom. The number of nitrogens with zero attached hydrogens (tertiary/aromatic N) is 1. The summed E-state index contributed by atoms with van der Waals surface area (Å²) in [5.74, 6) is -0.174. The van der Waals surface area contributed by atoms with E-state index >= 15 is 0 Å². The second-order valence-electron chi connectivity index (χ2n) is 5.83. The Kier molecular flexibility index (Phi) is 5.93. The molecule has 3 rings (SSSR count). The molecule has 0 bridgehead atoms. The van der Waals surface area contributed by atoms with Crippen LogP contribution in [0.25, 0.3) is 6.08 Å². The Bertz CT molecular complexity index is 903. The van der Waals surface area contributed by atoms with Crippen molar-refractivity contribution in [3.63, 3.8) is 0 Å². The van der Waals surface area contributed by atoms with Crippen LogP contribution in [0.15, 0.2) is 58.4 Å². The highest BCUT2D eigenvalue weighted by Gasteiger charge is 2.23. The monoisotopic (exact) mass is 381 g/mol. The van der Waals surface area contributed by atoms with Gasteiger partial charge in [-0.1, -0.05) is 31.2 Å². The summed E-state index contributed by atoms with van der Waals surface area (Å²) in [5.41, 5.74) is 7.93. The zero-order chi connectivity index (χ0) is 19.2. The van der Waals surface area contributed by atoms with Gasteiger partial charge in [0.15, 0.2) is 11.8 Å². The van der Waals surface area contributed by atoms with Crippen LogP contribution in [0.5, 0.6) is 5.75 Å². The van der Waals surface area contributed by atoms with Gasteiger partial charge < -0.3 is 15.8 Å². The van der Waals surface area contributed by atoms with E-state index in [1.54, 1.807) is 30.3 Å². The summed E-state index contributed by atoms with van der Waals surface area (Å²) in [4.78, 5) is 27.9. The molecule has 1 heterocycles. The van der Waals surface area contributed by atoms with E-state index in [4.69, 9.17) is 10.5 Å². The maximum atomic E-state index is 12.2. The van der Waals surface area contributed by atoms with Gasteiger partial charge in [0.25, 0.3) is 11.8 Å². The van der Waals surface area contributed by atoms with E-state index in [9.17, 15) is 9.59 Å². The van der Waals surface area contributed by atoms with Crippen LogP contribution in [0.3, 0.4) is 0 Å². The maximum absolute atomic E-state index is 12.2. The van der Waals surface area contributed by atoms with Gasteiger partial charge in [-0.25, -0.2) is 4.99 Å². The number of nitrogens with one attached hydrogen (secondary N) is 1. The number of primary amides is 1. The number of rotatable bonds is 6. The van der Waals surface area contributed by atoms with Crippen LogP contribution in [0.2, 0.25) is 0 Å². The highest BCUT2D eigenvalue weighted by molar-refractivity contribution is 8.18. The lowest BCUT2D eigenvalue weighted by atomic mass is 10.2. The van der Waals surface area contributed by atoms with E-state index in [-0.39, 0.29) is 12.5 Å². The average molecular weight is 381 g/mol. The minimum atomic E-state index is -0.531. The molecule has 1 aliphatic heterocycles. The standard InChI is InChI=1S/C20H19N3O3S/c1-2-13-3-7-15(8-4-13)22-20-23-19(25)17(27-20)11-14-5-9-16(10-6-14)26-12-18(21)24/h3-11H,2,12H2,1H3,(H2,21,24)(H,22,23,25)/b17-11-. The minimum Gasteiger partial charge on any atom is -0.484 e. The van der Waals surface area contributed by atoms with Crippen molar-refractivity contribution in [3.8, 4) is 5.75 Å². The first-order valence-corrected chi connectivity index (χ1v) is 9.25. The van der Waals surface area contributed by atoms with Crippen LogP contribution in [-0.4, -0.2) is 23.6 Å². The van der Waals surface area contributed by atoms with E-state index in [0.29, 0.717) is 15.8 Å². The molecule has 2 amide bonds. The van der Waals surface area contributed by atoms with E-state index in [0.717, 1.165) is 17.7 Å². The van der Waals surface area contributed by atoms with E-state index in [1.807, 2.05) is 24.3 Å². The number of carbonyl (C=O) groups excluding carboxylic acids is 2. The van der Waals surface area contributed by atoms with Crippen LogP contribution in [0.1, 0.15) is 18.1 Å². The third-order valence-electron chi connectivity index (χ3n) is 3.79. The van der Waals surface area contributed by atoms with Gasteiger partial charge in [-0.05, 0) is 59.7 Å². The van der Waals surface area contributed by atoms with Gasteiger partial charge in [0, 0.05) is 0 Å². The van der Waals surface area contributed by atoms with E-state index < -0.39 is 5.91 Å². The lowest BCUT2D eigenvalue weighted by Crippen LogP contribution is -2.19. The van der Waals surface area contributed by atoms with Crippen LogP contribution in [0, 0.1) is 0 Å². The Labute approximate surface area is 161 Å². The lowest BCUT2D eigenvalue weighted by Gasteiger charge is -2.03. The van der Waals surface area contributed by atoms with Crippen molar-refractivity contribution >= 4 is 40.5 Å². The number of aliphatic imine (C=N–C) groups is 1. The summed E-state index contributed by atoms with van der Waals surface area (Å²) in [6.45, 7) is 1.93. The summed E-state index contributed by atoms with van der Waals surface area (Å²) in [6, 6.07) is 15.0. The summed E-state index contributed by atoms with van der Waals surface area (Å²) in [7, 11) is 0. The van der Waals surface area contributed by atoms with Gasteiger partial charge in [-0.3, -0.25) is 9.59 Å². The van der Waals surface area contributed by atoms with Crippen LogP contribution < -0.4 is 15.8 Å². The molecule has 0 saturated carbocycles. The first-order chi connectivity index (χ1) is 13.0. The van der Waals surface area contributed by atoms with Crippen LogP contribution >= 0.6 is 11.8 Å². The van der Waals surface area contributed by atoms with E-state index in [1.165, 1.54) is 17.3 Å². The number of hydrogen-bond acceptors (Lipinski definition) is 5. The molecule has 6 nitrogen and oxygen atoms in total. The molecule has 0 atom stereocenters. The molecule has 138 valence electrons. The number of aryl methyl sites for hydroxylation is 1. The number of benzene rings is 2. The molecular weight excluding hydrogens is 362 g/mol. The Hall–Kier alpha value is -3.06.